The highest BCUT2D eigenvalue weighted by Crippen LogP contribution is 2.42. The van der Waals surface area contributed by atoms with Gasteiger partial charge in [-0.1, -0.05) is 12.8 Å². The number of nitro benzene ring substituents is 1. The molecule has 0 spiro atoms. The third-order valence-electron chi connectivity index (χ3n) is 3.77. The molecule has 0 heterocycles. The lowest BCUT2D eigenvalue weighted by Gasteiger charge is -2.27. The third kappa shape index (κ3) is 1.96. The monoisotopic (exact) mass is 256 g/mol. The topological polar surface area (TPSA) is 69.2 Å². The van der Waals surface area contributed by atoms with E-state index in [0.29, 0.717) is 5.56 Å². The molecule has 1 saturated carbocycles. The van der Waals surface area contributed by atoms with Gasteiger partial charge in [0.1, 0.15) is 0 Å². The third-order valence-corrected chi connectivity index (χ3v) is 3.77. The summed E-state index contributed by atoms with van der Waals surface area (Å²) in [6, 6.07) is 2.16. The van der Waals surface area contributed by atoms with Crippen LogP contribution in [-0.2, 0) is 5.41 Å². The number of rotatable bonds is 3. The van der Waals surface area contributed by atoms with Gasteiger partial charge >= 0.3 is 5.69 Å². The second-order valence-electron chi connectivity index (χ2n) is 4.74. The molecule has 1 aromatic carbocycles. The van der Waals surface area contributed by atoms with Gasteiger partial charge < -0.3 is 5.73 Å². The number of hydrogen-bond donors (Lipinski definition) is 1. The lowest BCUT2D eigenvalue weighted by Crippen LogP contribution is -2.32. The van der Waals surface area contributed by atoms with Crippen molar-refractivity contribution >= 4 is 5.69 Å². The molecule has 4 nitrogen and oxygen atoms in total. The van der Waals surface area contributed by atoms with Crippen LogP contribution in [0.3, 0.4) is 0 Å². The van der Waals surface area contributed by atoms with E-state index in [0.717, 1.165) is 37.8 Å². The first kappa shape index (κ1) is 12.9. The second-order valence-corrected chi connectivity index (χ2v) is 4.74. The van der Waals surface area contributed by atoms with E-state index in [4.69, 9.17) is 5.73 Å². The highest BCUT2D eigenvalue weighted by atomic mass is 19.2. The molecule has 0 bridgehead atoms. The largest absolute Gasteiger partial charge is 0.330 e. The van der Waals surface area contributed by atoms with E-state index in [-0.39, 0.29) is 6.54 Å². The minimum atomic E-state index is -1.41. The molecule has 1 aliphatic carbocycles. The van der Waals surface area contributed by atoms with E-state index >= 15 is 0 Å². The zero-order valence-electron chi connectivity index (χ0n) is 9.79. The summed E-state index contributed by atoms with van der Waals surface area (Å²) in [5.41, 5.74) is 4.91. The second kappa shape index (κ2) is 4.61. The number of nitrogens with zero attached hydrogens (tertiary/aromatic N) is 1. The first-order valence-electron chi connectivity index (χ1n) is 5.84. The van der Waals surface area contributed by atoms with Crippen molar-refractivity contribution in [3.63, 3.8) is 0 Å². The van der Waals surface area contributed by atoms with E-state index in [1.807, 2.05) is 0 Å². The molecule has 0 unspecified atom stereocenters. The van der Waals surface area contributed by atoms with Gasteiger partial charge in [-0.25, -0.2) is 4.39 Å². The van der Waals surface area contributed by atoms with Gasteiger partial charge in [-0.05, 0) is 24.5 Å². The Morgan fingerprint density at radius 2 is 1.94 bits per heavy atom. The zero-order valence-corrected chi connectivity index (χ0v) is 9.79. The molecule has 0 aliphatic heterocycles. The predicted molar refractivity (Wildman–Crippen MR) is 62.2 cm³/mol. The molecule has 0 radical (unpaired) electrons. The van der Waals surface area contributed by atoms with Gasteiger partial charge in [-0.2, -0.15) is 4.39 Å². The first-order chi connectivity index (χ1) is 8.50. The lowest BCUT2D eigenvalue weighted by molar-refractivity contribution is -0.387. The Balaban J connectivity index is 2.54. The maximum absolute atomic E-state index is 13.4. The number of benzene rings is 1. The van der Waals surface area contributed by atoms with Crippen molar-refractivity contribution in [3.05, 3.63) is 39.4 Å². The SMILES string of the molecule is NCC1(c2cc(F)c(F)c([N+](=O)[O-])c2)CCCC1. The molecular formula is C12H14F2N2O2. The number of nitrogens with two attached hydrogens (primary N) is 1. The molecule has 0 atom stereocenters. The summed E-state index contributed by atoms with van der Waals surface area (Å²) in [6.45, 7) is 0.287. The molecule has 1 aromatic rings. The Labute approximate surface area is 103 Å². The fourth-order valence-electron chi connectivity index (χ4n) is 2.68. The van der Waals surface area contributed by atoms with Gasteiger partial charge in [0.05, 0.1) is 4.92 Å². The normalized spacial score (nSPS) is 17.9. The van der Waals surface area contributed by atoms with Crippen molar-refractivity contribution < 1.29 is 13.7 Å². The summed E-state index contributed by atoms with van der Waals surface area (Å²) in [5, 5.41) is 10.7. The van der Waals surface area contributed by atoms with Crippen molar-refractivity contribution in [2.45, 2.75) is 31.1 Å². The number of hydrogen-bond acceptors (Lipinski definition) is 3. The van der Waals surface area contributed by atoms with Gasteiger partial charge in [-0.3, -0.25) is 10.1 Å². The Bertz CT molecular complexity index is 485. The van der Waals surface area contributed by atoms with Crippen LogP contribution in [0.25, 0.3) is 0 Å². The van der Waals surface area contributed by atoms with E-state index in [1.54, 1.807) is 0 Å². The first-order valence-corrected chi connectivity index (χ1v) is 5.84. The number of halogens is 2. The van der Waals surface area contributed by atoms with Crippen molar-refractivity contribution in [2.24, 2.45) is 5.73 Å². The van der Waals surface area contributed by atoms with E-state index in [2.05, 4.69) is 0 Å². The quantitative estimate of drug-likeness (QED) is 0.667. The highest BCUT2D eigenvalue weighted by molar-refractivity contribution is 5.41. The van der Waals surface area contributed by atoms with Gasteiger partial charge in [0.25, 0.3) is 0 Å². The predicted octanol–water partition coefficient (Wildman–Crippen LogP) is 2.64. The molecule has 18 heavy (non-hydrogen) atoms. The summed E-state index contributed by atoms with van der Waals surface area (Å²) in [5.74, 6) is -2.59. The fourth-order valence-corrected chi connectivity index (χ4v) is 2.68. The maximum Gasteiger partial charge on any atom is 0.308 e. The van der Waals surface area contributed by atoms with Gasteiger partial charge in [-0.15, -0.1) is 0 Å². The Kier molecular flexibility index (Phi) is 3.30. The van der Waals surface area contributed by atoms with E-state index < -0.39 is 27.7 Å². The Morgan fingerprint density at radius 1 is 1.33 bits per heavy atom. The minimum absolute atomic E-state index is 0.287. The lowest BCUT2D eigenvalue weighted by atomic mass is 9.79. The van der Waals surface area contributed by atoms with E-state index in [9.17, 15) is 18.9 Å². The molecule has 6 heteroatoms. The Hall–Kier alpha value is -1.56. The maximum atomic E-state index is 13.4. The summed E-state index contributed by atoms with van der Waals surface area (Å²) < 4.78 is 26.7. The molecular weight excluding hydrogens is 242 g/mol. The van der Waals surface area contributed by atoms with Crippen molar-refractivity contribution in [3.8, 4) is 0 Å². The molecule has 98 valence electrons. The van der Waals surface area contributed by atoms with Crippen LogP contribution in [0, 0.1) is 21.7 Å². The van der Waals surface area contributed by atoms with E-state index in [1.165, 1.54) is 0 Å². The van der Waals surface area contributed by atoms with Gasteiger partial charge in [0.2, 0.25) is 5.82 Å². The smallest absolute Gasteiger partial charge is 0.308 e. The van der Waals surface area contributed by atoms with Crippen LogP contribution in [0.1, 0.15) is 31.2 Å². The molecule has 0 aromatic heterocycles. The molecule has 0 saturated heterocycles. The van der Waals surface area contributed by atoms with Crippen LogP contribution in [0.4, 0.5) is 14.5 Å². The van der Waals surface area contributed by atoms with Gasteiger partial charge in [0, 0.05) is 18.0 Å². The number of nitro groups is 1. The summed E-state index contributed by atoms with van der Waals surface area (Å²) in [6.07, 6.45) is 3.41. The summed E-state index contributed by atoms with van der Waals surface area (Å²) in [4.78, 5) is 9.80. The minimum Gasteiger partial charge on any atom is -0.330 e. The summed E-state index contributed by atoms with van der Waals surface area (Å²) >= 11 is 0. The average molecular weight is 256 g/mol. The van der Waals surface area contributed by atoms with Crippen LogP contribution < -0.4 is 5.73 Å². The van der Waals surface area contributed by atoms with Crippen molar-refractivity contribution in [1.82, 2.24) is 0 Å². The molecule has 0 amide bonds. The zero-order chi connectivity index (χ0) is 13.3. The fraction of sp³-hybridized carbons (Fsp3) is 0.500. The average Bonchev–Trinajstić information content (AvgIpc) is 2.82. The van der Waals surface area contributed by atoms with Crippen molar-refractivity contribution in [1.29, 1.82) is 0 Å². The van der Waals surface area contributed by atoms with Crippen LogP contribution in [0.15, 0.2) is 12.1 Å². The highest BCUT2D eigenvalue weighted by Gasteiger charge is 2.36. The Morgan fingerprint density at radius 3 is 2.44 bits per heavy atom. The van der Waals surface area contributed by atoms with Crippen LogP contribution in [0.2, 0.25) is 0 Å². The molecule has 2 rings (SSSR count). The van der Waals surface area contributed by atoms with Crippen LogP contribution in [-0.4, -0.2) is 11.5 Å². The van der Waals surface area contributed by atoms with Crippen LogP contribution >= 0.6 is 0 Å². The standard InChI is InChI=1S/C12H14F2N2O2/c13-9-5-8(6-10(11(9)14)16(17)18)12(7-15)3-1-2-4-12/h5-6H,1-4,7,15H2. The summed E-state index contributed by atoms with van der Waals surface area (Å²) in [7, 11) is 0. The molecule has 1 aliphatic rings. The molecule has 2 N–H and O–H groups in total. The van der Waals surface area contributed by atoms with Crippen LogP contribution in [0.5, 0.6) is 0 Å². The molecule has 1 fully saturated rings. The van der Waals surface area contributed by atoms with Crippen molar-refractivity contribution in [2.75, 3.05) is 6.54 Å². The van der Waals surface area contributed by atoms with Gasteiger partial charge in [0.15, 0.2) is 5.82 Å².